The Labute approximate surface area is 206 Å². The van der Waals surface area contributed by atoms with Crippen LogP contribution in [0.4, 0.5) is 19.0 Å². The van der Waals surface area contributed by atoms with Crippen LogP contribution in [0.5, 0.6) is 5.75 Å². The van der Waals surface area contributed by atoms with E-state index in [0.29, 0.717) is 29.4 Å². The topological polar surface area (TPSA) is 69.2 Å². The molecule has 0 bridgehead atoms. The third-order valence-corrected chi connectivity index (χ3v) is 6.34. The molecule has 0 N–H and O–H groups in total. The normalized spacial score (nSPS) is 14.9. The van der Waals surface area contributed by atoms with E-state index in [0.717, 1.165) is 36.1 Å². The van der Waals surface area contributed by atoms with Crippen LogP contribution in [0.15, 0.2) is 59.3 Å². The Hall–Kier alpha value is -3.82. The van der Waals surface area contributed by atoms with Gasteiger partial charge in [0.15, 0.2) is 0 Å². The van der Waals surface area contributed by atoms with Crippen LogP contribution in [0, 0.1) is 12.8 Å². The molecule has 0 spiro atoms. The number of alkyl halides is 3. The van der Waals surface area contributed by atoms with E-state index in [1.807, 2.05) is 29.9 Å². The van der Waals surface area contributed by atoms with E-state index in [4.69, 9.17) is 4.42 Å². The van der Waals surface area contributed by atoms with Crippen molar-refractivity contribution in [2.75, 3.05) is 18.0 Å². The summed E-state index contributed by atoms with van der Waals surface area (Å²) in [4.78, 5) is 11.4. The van der Waals surface area contributed by atoms with Gasteiger partial charge in [-0.05, 0) is 73.7 Å². The lowest BCUT2D eigenvalue weighted by Gasteiger charge is -2.31. The Morgan fingerprint density at radius 1 is 1.06 bits per heavy atom. The van der Waals surface area contributed by atoms with Crippen molar-refractivity contribution in [2.24, 2.45) is 5.92 Å². The summed E-state index contributed by atoms with van der Waals surface area (Å²) < 4.78 is 48.6. The lowest BCUT2D eigenvalue weighted by atomic mass is 9.99. The highest BCUT2D eigenvalue weighted by atomic mass is 19.4. The second kappa shape index (κ2) is 9.67. The molecule has 36 heavy (non-hydrogen) atoms. The summed E-state index contributed by atoms with van der Waals surface area (Å²) in [5.41, 5.74) is 3.72. The molecule has 0 amide bonds. The van der Waals surface area contributed by atoms with E-state index >= 15 is 0 Å². The number of nitrogens with zero attached hydrogens (tertiary/aromatic N) is 5. The summed E-state index contributed by atoms with van der Waals surface area (Å²) in [7, 11) is 0. The monoisotopic (exact) mass is 497 g/mol. The predicted octanol–water partition coefficient (Wildman–Crippen LogP) is 6.09. The molecule has 0 unspecified atom stereocenters. The molecule has 4 heterocycles. The van der Waals surface area contributed by atoms with Crippen molar-refractivity contribution in [1.82, 2.24) is 19.7 Å². The Bertz CT molecular complexity index is 1320. The number of hydrogen-bond acceptors (Lipinski definition) is 6. The molecule has 1 aliphatic heterocycles. The molecular weight excluding hydrogens is 471 g/mol. The average Bonchev–Trinajstić information content (AvgIpc) is 3.47. The van der Waals surface area contributed by atoms with Crippen LogP contribution in [-0.4, -0.2) is 39.2 Å². The molecule has 1 aliphatic rings. The van der Waals surface area contributed by atoms with Crippen molar-refractivity contribution in [2.45, 2.75) is 39.6 Å². The lowest BCUT2D eigenvalue weighted by molar-refractivity contribution is -0.274. The number of anilines is 1. The largest absolute Gasteiger partial charge is 0.573 e. The molecule has 4 aromatic rings. The van der Waals surface area contributed by atoms with Gasteiger partial charge in [0.25, 0.3) is 0 Å². The van der Waals surface area contributed by atoms with Crippen LogP contribution in [0.3, 0.4) is 0 Å². The van der Waals surface area contributed by atoms with Gasteiger partial charge in [-0.15, -0.1) is 13.2 Å². The van der Waals surface area contributed by atoms with Gasteiger partial charge < -0.3 is 14.1 Å². The first-order chi connectivity index (χ1) is 17.2. The quantitative estimate of drug-likeness (QED) is 0.321. The van der Waals surface area contributed by atoms with E-state index < -0.39 is 6.36 Å². The zero-order valence-electron chi connectivity index (χ0n) is 20.0. The Morgan fingerprint density at radius 3 is 2.53 bits per heavy atom. The fourth-order valence-corrected chi connectivity index (χ4v) is 4.27. The highest BCUT2D eigenvalue weighted by Crippen LogP contribution is 2.28. The van der Waals surface area contributed by atoms with E-state index in [-0.39, 0.29) is 5.75 Å². The molecule has 188 valence electrons. The van der Waals surface area contributed by atoms with Crippen molar-refractivity contribution in [3.63, 3.8) is 0 Å². The molecule has 0 radical (unpaired) electrons. The fourth-order valence-electron chi connectivity index (χ4n) is 4.27. The molecule has 1 fully saturated rings. The minimum absolute atomic E-state index is 0.293. The number of benzene rings is 1. The molecule has 0 aliphatic carbocycles. The SMILES string of the molecule is Cc1cc(-c2nc(-c3ccc(OC(F)(F)F)cc3)co2)nn1Cc1ccnc(N2CCC(C)CC2)c1. The van der Waals surface area contributed by atoms with Gasteiger partial charge >= 0.3 is 6.36 Å². The van der Waals surface area contributed by atoms with Crippen molar-refractivity contribution >= 4 is 5.82 Å². The lowest BCUT2D eigenvalue weighted by Crippen LogP contribution is -2.33. The number of oxazole rings is 1. The Kier molecular flexibility index (Phi) is 6.42. The van der Waals surface area contributed by atoms with Crippen LogP contribution >= 0.6 is 0 Å². The van der Waals surface area contributed by atoms with E-state index in [1.54, 1.807) is 0 Å². The second-order valence-corrected chi connectivity index (χ2v) is 9.13. The minimum Gasteiger partial charge on any atom is -0.443 e. The Balaban J connectivity index is 1.29. The highest BCUT2D eigenvalue weighted by molar-refractivity contribution is 5.62. The van der Waals surface area contributed by atoms with Crippen molar-refractivity contribution in [3.05, 3.63) is 66.2 Å². The first-order valence-corrected chi connectivity index (χ1v) is 11.8. The fraction of sp³-hybridized carbons (Fsp3) is 0.346. The summed E-state index contributed by atoms with van der Waals surface area (Å²) >= 11 is 0. The first-order valence-electron chi connectivity index (χ1n) is 11.8. The van der Waals surface area contributed by atoms with Crippen LogP contribution < -0.4 is 9.64 Å². The van der Waals surface area contributed by atoms with Gasteiger partial charge in [-0.1, -0.05) is 6.92 Å². The van der Waals surface area contributed by atoms with E-state index in [2.05, 4.69) is 37.7 Å². The number of aromatic nitrogens is 4. The molecule has 0 atom stereocenters. The number of aryl methyl sites for hydroxylation is 1. The highest BCUT2D eigenvalue weighted by Gasteiger charge is 2.31. The third kappa shape index (κ3) is 5.53. The van der Waals surface area contributed by atoms with Crippen LogP contribution in [-0.2, 0) is 6.54 Å². The van der Waals surface area contributed by atoms with E-state index in [1.165, 1.54) is 43.4 Å². The maximum Gasteiger partial charge on any atom is 0.573 e. The zero-order valence-corrected chi connectivity index (χ0v) is 20.0. The van der Waals surface area contributed by atoms with Gasteiger partial charge in [0, 0.05) is 30.5 Å². The summed E-state index contributed by atoms with van der Waals surface area (Å²) in [5, 5.41) is 4.67. The Morgan fingerprint density at radius 2 is 1.81 bits per heavy atom. The van der Waals surface area contributed by atoms with Crippen molar-refractivity contribution in [3.8, 4) is 28.6 Å². The summed E-state index contributed by atoms with van der Waals surface area (Å²) in [5.74, 6) is 1.79. The molecule has 10 heteroatoms. The van der Waals surface area contributed by atoms with Crippen molar-refractivity contribution in [1.29, 1.82) is 0 Å². The first kappa shape index (κ1) is 23.9. The number of rotatable bonds is 6. The van der Waals surface area contributed by atoms with Gasteiger partial charge in [-0.25, -0.2) is 9.97 Å². The smallest absolute Gasteiger partial charge is 0.443 e. The zero-order chi connectivity index (χ0) is 25.3. The molecule has 0 saturated carbocycles. The standard InChI is InChI=1S/C26H26F3N5O2/c1-17-8-11-33(12-9-17)24-14-19(7-10-30-24)15-34-18(2)13-22(32-34)25-31-23(16-35-25)20-3-5-21(6-4-20)36-26(27,28)29/h3-7,10,13-14,16-17H,8-9,11-12,15H2,1-2H3. The summed E-state index contributed by atoms with van der Waals surface area (Å²) in [6.45, 7) is 6.88. The van der Waals surface area contributed by atoms with Crippen LogP contribution in [0.2, 0.25) is 0 Å². The van der Waals surface area contributed by atoms with Gasteiger partial charge in [0.1, 0.15) is 29.2 Å². The number of piperidine rings is 1. The maximum absolute atomic E-state index is 12.4. The number of halogens is 3. The maximum atomic E-state index is 12.4. The second-order valence-electron chi connectivity index (χ2n) is 9.13. The van der Waals surface area contributed by atoms with Crippen LogP contribution in [0.1, 0.15) is 31.0 Å². The van der Waals surface area contributed by atoms with Gasteiger partial charge in [0.2, 0.25) is 5.89 Å². The number of pyridine rings is 1. The average molecular weight is 498 g/mol. The minimum atomic E-state index is -4.73. The molecule has 1 saturated heterocycles. The number of hydrogen-bond donors (Lipinski definition) is 0. The molecule has 7 nitrogen and oxygen atoms in total. The molecule has 3 aromatic heterocycles. The number of ether oxygens (including phenoxy) is 1. The van der Waals surface area contributed by atoms with Gasteiger partial charge in [-0.2, -0.15) is 5.10 Å². The molecular formula is C26H26F3N5O2. The van der Waals surface area contributed by atoms with Gasteiger partial charge in [-0.3, -0.25) is 4.68 Å². The molecule has 5 rings (SSSR count). The predicted molar refractivity (Wildman–Crippen MR) is 129 cm³/mol. The van der Waals surface area contributed by atoms with Crippen LogP contribution in [0.25, 0.3) is 22.8 Å². The third-order valence-electron chi connectivity index (χ3n) is 6.34. The summed E-state index contributed by atoms with van der Waals surface area (Å²) in [6.07, 6.45) is 0.920. The molecule has 1 aromatic carbocycles. The van der Waals surface area contributed by atoms with E-state index in [9.17, 15) is 13.2 Å². The van der Waals surface area contributed by atoms with Crippen molar-refractivity contribution < 1.29 is 22.3 Å². The van der Waals surface area contributed by atoms with Gasteiger partial charge in [0.05, 0.1) is 6.54 Å². The summed E-state index contributed by atoms with van der Waals surface area (Å²) in [6, 6.07) is 11.5.